The molecule has 1 aliphatic heterocycles. The number of aliphatic carboxylic acids is 1. The number of carbonyl (C=O) groups excluding carboxylic acids is 1. The molecule has 1 unspecified atom stereocenters. The largest absolute Gasteiger partial charge is 0.480 e. The number of hydrogen-bond donors (Lipinski definition) is 1. The lowest BCUT2D eigenvalue weighted by molar-refractivity contribution is -0.143. The van der Waals surface area contributed by atoms with Crippen LogP contribution in [0.3, 0.4) is 0 Å². The van der Waals surface area contributed by atoms with Crippen molar-refractivity contribution in [3.63, 3.8) is 0 Å². The summed E-state index contributed by atoms with van der Waals surface area (Å²) in [4.78, 5) is 30.2. The summed E-state index contributed by atoms with van der Waals surface area (Å²) in [7, 11) is 1.67. The number of thiophene rings is 1. The lowest BCUT2D eigenvalue weighted by Gasteiger charge is -2.35. The second-order valence-electron chi connectivity index (χ2n) is 5.67. The molecule has 0 aliphatic carbocycles. The Morgan fingerprint density at radius 2 is 2.05 bits per heavy atom. The summed E-state index contributed by atoms with van der Waals surface area (Å²) < 4.78 is 0. The maximum atomic E-state index is 12.2. The first-order valence-electron chi connectivity index (χ1n) is 7.43. The van der Waals surface area contributed by atoms with Crippen LogP contribution in [0.25, 0.3) is 0 Å². The van der Waals surface area contributed by atoms with Crippen molar-refractivity contribution >= 4 is 23.2 Å². The number of hydrogen-bond acceptors (Lipinski definition) is 5. The molecule has 122 valence electrons. The third-order valence-electron chi connectivity index (χ3n) is 4.09. The van der Waals surface area contributed by atoms with Crippen LogP contribution in [0, 0.1) is 0 Å². The quantitative estimate of drug-likeness (QED) is 0.838. The van der Waals surface area contributed by atoms with Crippen LogP contribution in [0.15, 0.2) is 17.5 Å². The van der Waals surface area contributed by atoms with E-state index in [1.165, 1.54) is 4.88 Å². The van der Waals surface area contributed by atoms with E-state index < -0.39 is 12.0 Å². The Kier molecular flexibility index (Phi) is 5.93. The van der Waals surface area contributed by atoms with Crippen molar-refractivity contribution in [3.05, 3.63) is 22.4 Å². The van der Waals surface area contributed by atoms with E-state index >= 15 is 0 Å². The molecule has 1 aromatic heterocycles. The molecule has 0 saturated carbocycles. The molecular weight excluding hydrogens is 302 g/mol. The monoisotopic (exact) mass is 325 g/mol. The lowest BCUT2D eigenvalue weighted by atomic mass is 10.2. The molecule has 2 heterocycles. The molecule has 1 aromatic rings. The van der Waals surface area contributed by atoms with Gasteiger partial charge in [0.1, 0.15) is 6.04 Å². The first-order valence-corrected chi connectivity index (χ1v) is 8.31. The third-order valence-corrected chi connectivity index (χ3v) is 4.95. The van der Waals surface area contributed by atoms with E-state index in [-0.39, 0.29) is 12.5 Å². The van der Waals surface area contributed by atoms with E-state index in [4.69, 9.17) is 5.11 Å². The Labute approximate surface area is 134 Å². The van der Waals surface area contributed by atoms with Gasteiger partial charge < -0.3 is 10.0 Å². The average Bonchev–Trinajstić information content (AvgIpc) is 2.99. The van der Waals surface area contributed by atoms with E-state index in [1.54, 1.807) is 30.2 Å². The first kappa shape index (κ1) is 16.9. The number of piperazine rings is 1. The molecule has 1 fully saturated rings. The predicted octanol–water partition coefficient (Wildman–Crippen LogP) is 0.797. The van der Waals surface area contributed by atoms with Gasteiger partial charge in [-0.15, -0.1) is 11.3 Å². The fraction of sp³-hybridized carbons (Fsp3) is 0.600. The third kappa shape index (κ3) is 4.53. The highest BCUT2D eigenvalue weighted by molar-refractivity contribution is 7.09. The number of carbonyl (C=O) groups is 2. The van der Waals surface area contributed by atoms with Gasteiger partial charge in [-0.2, -0.15) is 0 Å². The molecule has 22 heavy (non-hydrogen) atoms. The first-order chi connectivity index (χ1) is 10.5. The van der Waals surface area contributed by atoms with Gasteiger partial charge in [0.2, 0.25) is 5.91 Å². The zero-order valence-electron chi connectivity index (χ0n) is 13.1. The van der Waals surface area contributed by atoms with Gasteiger partial charge in [-0.3, -0.25) is 19.4 Å². The van der Waals surface area contributed by atoms with Crippen molar-refractivity contribution < 1.29 is 14.7 Å². The smallest absolute Gasteiger partial charge is 0.320 e. The van der Waals surface area contributed by atoms with Crippen molar-refractivity contribution in [3.8, 4) is 0 Å². The molecule has 1 saturated heterocycles. The van der Waals surface area contributed by atoms with Crippen LogP contribution >= 0.6 is 11.3 Å². The van der Waals surface area contributed by atoms with Gasteiger partial charge in [0.05, 0.1) is 6.54 Å². The number of nitrogens with zero attached hydrogens (tertiary/aromatic N) is 3. The Morgan fingerprint density at radius 3 is 2.59 bits per heavy atom. The summed E-state index contributed by atoms with van der Waals surface area (Å²) in [5.74, 6) is -0.901. The van der Waals surface area contributed by atoms with Gasteiger partial charge in [-0.1, -0.05) is 6.07 Å². The lowest BCUT2D eigenvalue weighted by Crippen LogP contribution is -2.51. The van der Waals surface area contributed by atoms with Crippen LogP contribution in [0.5, 0.6) is 0 Å². The topological polar surface area (TPSA) is 64.1 Å². The van der Waals surface area contributed by atoms with Crippen LogP contribution < -0.4 is 0 Å². The van der Waals surface area contributed by atoms with Crippen LogP contribution in [0.1, 0.15) is 11.8 Å². The molecule has 0 spiro atoms. The summed E-state index contributed by atoms with van der Waals surface area (Å²) in [6.07, 6.45) is 0. The molecule has 2 rings (SSSR count). The Balaban J connectivity index is 1.76. The Hall–Kier alpha value is -1.44. The summed E-state index contributed by atoms with van der Waals surface area (Å²) in [6, 6.07) is 3.54. The summed E-state index contributed by atoms with van der Waals surface area (Å²) in [6.45, 7) is 5.82. The molecule has 1 aliphatic rings. The molecule has 0 bridgehead atoms. The molecular formula is C15H23N3O3S. The van der Waals surface area contributed by atoms with Crippen molar-refractivity contribution in [2.24, 2.45) is 0 Å². The number of carboxylic acid groups (broad SMARTS) is 1. The molecule has 1 amide bonds. The Morgan fingerprint density at radius 1 is 1.36 bits per heavy atom. The molecule has 1 atom stereocenters. The number of carboxylic acids is 1. The second-order valence-corrected chi connectivity index (χ2v) is 6.70. The number of amides is 1. The summed E-state index contributed by atoms with van der Waals surface area (Å²) in [5, 5.41) is 11.0. The maximum Gasteiger partial charge on any atom is 0.320 e. The van der Waals surface area contributed by atoms with E-state index in [2.05, 4.69) is 22.4 Å². The van der Waals surface area contributed by atoms with Gasteiger partial charge in [0.15, 0.2) is 0 Å². The van der Waals surface area contributed by atoms with Gasteiger partial charge >= 0.3 is 5.97 Å². The minimum Gasteiger partial charge on any atom is -0.480 e. The van der Waals surface area contributed by atoms with E-state index in [0.717, 1.165) is 19.6 Å². The fourth-order valence-corrected chi connectivity index (χ4v) is 3.16. The standard InChI is InChI=1S/C15H23N3O3S/c1-12(15(20)21)16(2)11-14(19)18-7-5-17(6-8-18)10-13-4-3-9-22-13/h3-4,9,12H,5-8,10-11H2,1-2H3,(H,20,21). The second kappa shape index (κ2) is 7.71. The minimum absolute atomic E-state index is 0.00590. The Bertz CT molecular complexity index is 498. The highest BCUT2D eigenvalue weighted by atomic mass is 32.1. The van der Waals surface area contributed by atoms with Crippen molar-refractivity contribution in [2.45, 2.75) is 19.5 Å². The normalized spacial score (nSPS) is 17.7. The van der Waals surface area contributed by atoms with Crippen molar-refractivity contribution in [2.75, 3.05) is 39.8 Å². The molecule has 6 nitrogen and oxygen atoms in total. The van der Waals surface area contributed by atoms with E-state index in [9.17, 15) is 9.59 Å². The van der Waals surface area contributed by atoms with Crippen LogP contribution in [0.4, 0.5) is 0 Å². The SMILES string of the molecule is CC(C(=O)O)N(C)CC(=O)N1CCN(Cc2cccs2)CC1. The van der Waals surface area contributed by atoms with Gasteiger partial charge in [0, 0.05) is 37.6 Å². The van der Waals surface area contributed by atoms with Gasteiger partial charge in [-0.25, -0.2) is 0 Å². The zero-order valence-corrected chi connectivity index (χ0v) is 13.9. The average molecular weight is 325 g/mol. The van der Waals surface area contributed by atoms with E-state index in [0.29, 0.717) is 13.1 Å². The molecule has 7 heteroatoms. The van der Waals surface area contributed by atoms with Gasteiger partial charge in [0.25, 0.3) is 0 Å². The molecule has 0 aromatic carbocycles. The van der Waals surface area contributed by atoms with E-state index in [1.807, 2.05) is 4.90 Å². The number of likely N-dealkylation sites (N-methyl/N-ethyl adjacent to an activating group) is 1. The summed E-state index contributed by atoms with van der Waals surface area (Å²) >= 11 is 1.75. The van der Waals surface area contributed by atoms with Crippen LogP contribution in [-0.4, -0.2) is 77.5 Å². The molecule has 1 N–H and O–H groups in total. The van der Waals surface area contributed by atoms with Crippen molar-refractivity contribution in [1.29, 1.82) is 0 Å². The fourth-order valence-electron chi connectivity index (χ4n) is 2.42. The molecule has 0 radical (unpaired) electrons. The van der Waals surface area contributed by atoms with Crippen LogP contribution in [0.2, 0.25) is 0 Å². The minimum atomic E-state index is -0.906. The van der Waals surface area contributed by atoms with Crippen LogP contribution in [-0.2, 0) is 16.1 Å². The maximum absolute atomic E-state index is 12.2. The zero-order chi connectivity index (χ0) is 16.1. The van der Waals surface area contributed by atoms with Crippen molar-refractivity contribution in [1.82, 2.24) is 14.7 Å². The highest BCUT2D eigenvalue weighted by Crippen LogP contribution is 2.13. The van der Waals surface area contributed by atoms with Gasteiger partial charge in [-0.05, 0) is 25.4 Å². The predicted molar refractivity (Wildman–Crippen MR) is 85.9 cm³/mol. The highest BCUT2D eigenvalue weighted by Gasteiger charge is 2.25. The summed E-state index contributed by atoms with van der Waals surface area (Å²) in [5.41, 5.74) is 0. The number of rotatable bonds is 6.